The number of hydrogen-bond donors (Lipinski definition) is 1. The Morgan fingerprint density at radius 1 is 1.57 bits per heavy atom. The maximum absolute atomic E-state index is 13.9. The molecule has 0 saturated carbocycles. The Kier molecular flexibility index (Phi) is 5.87. The molecule has 0 fully saturated rings. The quantitative estimate of drug-likeness (QED) is 0.519. The summed E-state index contributed by atoms with van der Waals surface area (Å²) in [5.74, 6) is 0.639. The summed E-state index contributed by atoms with van der Waals surface area (Å²) in [5, 5.41) is 6.27. The molecule has 0 bridgehead atoms. The summed E-state index contributed by atoms with van der Waals surface area (Å²) in [6.07, 6.45) is 2.97. The molecule has 0 saturated heterocycles. The molecule has 1 aromatic carbocycles. The lowest BCUT2D eigenvalue weighted by molar-refractivity contribution is 0.431. The summed E-state index contributed by atoms with van der Waals surface area (Å²) in [6.45, 7) is 5.49. The van der Waals surface area contributed by atoms with E-state index in [0.717, 1.165) is 24.9 Å². The number of hydrazone groups is 1. The second-order valence-electron chi connectivity index (χ2n) is 4.57. The minimum absolute atomic E-state index is 0.112. The highest BCUT2D eigenvalue weighted by Crippen LogP contribution is 2.25. The van der Waals surface area contributed by atoms with E-state index < -0.39 is 5.82 Å². The third-order valence-corrected chi connectivity index (χ3v) is 4.18. The Hall–Kier alpha value is -1.27. The number of nitrogens with zero attached hydrogens (tertiary/aromatic N) is 3. The van der Waals surface area contributed by atoms with Gasteiger partial charge in [0.15, 0.2) is 5.82 Å². The minimum Gasteiger partial charge on any atom is -0.295 e. The van der Waals surface area contributed by atoms with Crippen LogP contribution in [0.5, 0.6) is 0 Å². The molecule has 21 heavy (non-hydrogen) atoms. The molecule has 1 N–H and O–H groups in total. The highest BCUT2D eigenvalue weighted by atomic mass is 35.5. The van der Waals surface area contributed by atoms with Gasteiger partial charge in [0, 0.05) is 18.7 Å². The molecule has 1 aliphatic rings. The summed E-state index contributed by atoms with van der Waals surface area (Å²) in [6, 6.07) is 4.91. The van der Waals surface area contributed by atoms with Crippen molar-refractivity contribution >= 4 is 35.7 Å². The molecule has 2 rings (SSSR count). The Balaban J connectivity index is 2.03. The standard InChI is InChI=1S/C14H18ClFN4S/c1-3-10-8-18-20(9-10)14(17-4-2)19-21-12-7-5-6-11(15)13(12)16/h5-8,10H,3-4,9H2,1-2H3,(H,17,19). The molecule has 1 heterocycles. The smallest absolute Gasteiger partial charge is 0.225 e. The van der Waals surface area contributed by atoms with Gasteiger partial charge in [-0.15, -0.1) is 0 Å². The van der Waals surface area contributed by atoms with Crippen molar-refractivity contribution in [1.29, 1.82) is 0 Å². The molecule has 0 aliphatic carbocycles. The van der Waals surface area contributed by atoms with Crippen LogP contribution in [0.3, 0.4) is 0 Å². The van der Waals surface area contributed by atoms with E-state index in [0.29, 0.717) is 23.3 Å². The van der Waals surface area contributed by atoms with E-state index in [1.807, 2.05) is 18.1 Å². The van der Waals surface area contributed by atoms with E-state index in [2.05, 4.69) is 21.7 Å². The van der Waals surface area contributed by atoms with Crippen molar-refractivity contribution in [3.8, 4) is 0 Å². The highest BCUT2D eigenvalue weighted by molar-refractivity contribution is 7.98. The van der Waals surface area contributed by atoms with Crippen molar-refractivity contribution in [3.63, 3.8) is 0 Å². The number of benzene rings is 1. The number of aliphatic imine (C=N–C) groups is 1. The predicted molar refractivity (Wildman–Crippen MR) is 87.4 cm³/mol. The second-order valence-corrected chi connectivity index (χ2v) is 5.82. The average molecular weight is 329 g/mol. The van der Waals surface area contributed by atoms with Gasteiger partial charge < -0.3 is 0 Å². The zero-order valence-corrected chi connectivity index (χ0v) is 13.6. The van der Waals surface area contributed by atoms with Crippen LogP contribution in [0.2, 0.25) is 5.02 Å². The van der Waals surface area contributed by atoms with Crippen LogP contribution < -0.4 is 4.72 Å². The Labute approximate surface area is 133 Å². The lowest BCUT2D eigenvalue weighted by Crippen LogP contribution is -2.34. The van der Waals surface area contributed by atoms with Crippen molar-refractivity contribution in [2.24, 2.45) is 16.0 Å². The molecular weight excluding hydrogens is 311 g/mol. The van der Waals surface area contributed by atoms with Crippen LogP contribution in [0, 0.1) is 11.7 Å². The van der Waals surface area contributed by atoms with Crippen LogP contribution in [0.25, 0.3) is 0 Å². The van der Waals surface area contributed by atoms with Gasteiger partial charge in [-0.05, 0) is 37.4 Å². The van der Waals surface area contributed by atoms with Gasteiger partial charge in [-0.1, -0.05) is 24.6 Å². The zero-order chi connectivity index (χ0) is 15.2. The Bertz CT molecular complexity index is 550. The normalized spacial score (nSPS) is 18.4. The van der Waals surface area contributed by atoms with Gasteiger partial charge in [-0.25, -0.2) is 9.40 Å². The van der Waals surface area contributed by atoms with E-state index in [4.69, 9.17) is 11.6 Å². The molecule has 1 atom stereocenters. The van der Waals surface area contributed by atoms with Crippen LogP contribution in [-0.2, 0) is 0 Å². The van der Waals surface area contributed by atoms with E-state index in [1.54, 1.807) is 12.1 Å². The SMILES string of the molecule is CCN=C(NSc1cccc(Cl)c1F)N1CC(CC)C=N1. The molecule has 1 aliphatic heterocycles. The molecule has 0 amide bonds. The van der Waals surface area contributed by atoms with Crippen molar-refractivity contribution in [1.82, 2.24) is 9.73 Å². The fourth-order valence-electron chi connectivity index (χ4n) is 1.85. The molecule has 4 nitrogen and oxygen atoms in total. The van der Waals surface area contributed by atoms with Gasteiger partial charge in [0.1, 0.15) is 0 Å². The number of guanidine groups is 1. The van der Waals surface area contributed by atoms with Gasteiger partial charge in [-0.2, -0.15) is 5.10 Å². The fourth-order valence-corrected chi connectivity index (χ4v) is 2.79. The first kappa shape index (κ1) is 16.1. The van der Waals surface area contributed by atoms with Crippen LogP contribution in [0.4, 0.5) is 4.39 Å². The van der Waals surface area contributed by atoms with Gasteiger partial charge in [0.2, 0.25) is 5.96 Å². The van der Waals surface area contributed by atoms with Crippen molar-refractivity contribution in [2.45, 2.75) is 25.2 Å². The van der Waals surface area contributed by atoms with Gasteiger partial charge >= 0.3 is 0 Å². The van der Waals surface area contributed by atoms with Gasteiger partial charge in [0.25, 0.3) is 0 Å². The summed E-state index contributed by atoms with van der Waals surface area (Å²) >= 11 is 6.92. The molecule has 0 spiro atoms. The maximum Gasteiger partial charge on any atom is 0.225 e. The minimum atomic E-state index is -0.427. The topological polar surface area (TPSA) is 40.0 Å². The van der Waals surface area contributed by atoms with Crippen LogP contribution >= 0.6 is 23.5 Å². The Morgan fingerprint density at radius 3 is 3.05 bits per heavy atom. The Morgan fingerprint density at radius 2 is 2.38 bits per heavy atom. The predicted octanol–water partition coefficient (Wildman–Crippen LogP) is 3.78. The summed E-state index contributed by atoms with van der Waals surface area (Å²) in [4.78, 5) is 4.82. The number of hydrogen-bond acceptors (Lipinski definition) is 3. The van der Waals surface area contributed by atoms with Gasteiger partial charge in [-0.3, -0.25) is 9.71 Å². The van der Waals surface area contributed by atoms with Crippen molar-refractivity contribution in [3.05, 3.63) is 29.0 Å². The van der Waals surface area contributed by atoms with E-state index >= 15 is 0 Å². The molecule has 1 unspecified atom stereocenters. The van der Waals surface area contributed by atoms with Crippen LogP contribution in [-0.4, -0.2) is 30.3 Å². The first-order chi connectivity index (χ1) is 10.2. The summed E-state index contributed by atoms with van der Waals surface area (Å²) in [7, 11) is 0. The fraction of sp³-hybridized carbons (Fsp3) is 0.429. The molecule has 0 aromatic heterocycles. The zero-order valence-electron chi connectivity index (χ0n) is 12.0. The lowest BCUT2D eigenvalue weighted by atomic mass is 10.1. The summed E-state index contributed by atoms with van der Waals surface area (Å²) in [5.41, 5.74) is 0. The first-order valence-corrected chi connectivity index (χ1v) is 8.08. The first-order valence-electron chi connectivity index (χ1n) is 6.88. The monoisotopic (exact) mass is 328 g/mol. The van der Waals surface area contributed by atoms with Crippen LogP contribution in [0.15, 0.2) is 33.2 Å². The third kappa shape index (κ3) is 4.11. The average Bonchev–Trinajstić information content (AvgIpc) is 2.96. The van der Waals surface area contributed by atoms with Crippen molar-refractivity contribution in [2.75, 3.05) is 13.1 Å². The highest BCUT2D eigenvalue weighted by Gasteiger charge is 2.20. The lowest BCUT2D eigenvalue weighted by Gasteiger charge is -2.18. The molecular formula is C14H18ClFN4S. The molecule has 7 heteroatoms. The largest absolute Gasteiger partial charge is 0.295 e. The maximum atomic E-state index is 13.9. The van der Waals surface area contributed by atoms with Crippen LogP contribution in [0.1, 0.15) is 20.3 Å². The molecule has 114 valence electrons. The van der Waals surface area contributed by atoms with E-state index in [9.17, 15) is 4.39 Å². The summed E-state index contributed by atoms with van der Waals surface area (Å²) < 4.78 is 16.9. The number of rotatable bonds is 4. The van der Waals surface area contributed by atoms with E-state index in [-0.39, 0.29) is 5.02 Å². The van der Waals surface area contributed by atoms with Crippen molar-refractivity contribution < 1.29 is 4.39 Å². The second kappa shape index (κ2) is 7.66. The molecule has 0 radical (unpaired) electrons. The molecule has 1 aromatic rings. The van der Waals surface area contributed by atoms with Gasteiger partial charge in [0.05, 0.1) is 16.5 Å². The number of nitrogens with one attached hydrogen (secondary N) is 1. The van der Waals surface area contributed by atoms with E-state index in [1.165, 1.54) is 6.07 Å². The third-order valence-electron chi connectivity index (χ3n) is 3.07. The number of halogens is 2.